The van der Waals surface area contributed by atoms with Crippen LogP contribution in [-0.2, 0) is 13.0 Å². The third kappa shape index (κ3) is 2.19. The largest absolute Gasteiger partial charge is 0.399 e. The summed E-state index contributed by atoms with van der Waals surface area (Å²) in [6.07, 6.45) is 0.951. The maximum atomic E-state index is 9.29. The fourth-order valence-corrected chi connectivity index (χ4v) is 2.88. The van der Waals surface area contributed by atoms with E-state index >= 15 is 0 Å². The summed E-state index contributed by atoms with van der Waals surface area (Å²) in [5.74, 6) is 0. The smallest absolute Gasteiger partial charge is 0.103 e. The summed E-state index contributed by atoms with van der Waals surface area (Å²) in [7, 11) is 0. The van der Waals surface area contributed by atoms with Gasteiger partial charge in [0.25, 0.3) is 0 Å². The van der Waals surface area contributed by atoms with Gasteiger partial charge in [-0.3, -0.25) is 0 Å². The zero-order chi connectivity index (χ0) is 14.1. The summed E-state index contributed by atoms with van der Waals surface area (Å²) in [5, 5.41) is 9.79. The van der Waals surface area contributed by atoms with Crippen molar-refractivity contribution in [3.63, 3.8) is 0 Å². The van der Waals surface area contributed by atoms with Gasteiger partial charge in [0.1, 0.15) is 6.07 Å². The van der Waals surface area contributed by atoms with E-state index in [0.29, 0.717) is 10.6 Å². The van der Waals surface area contributed by atoms with Crippen molar-refractivity contribution in [2.45, 2.75) is 13.0 Å². The Labute approximate surface area is 123 Å². The van der Waals surface area contributed by atoms with Crippen molar-refractivity contribution in [2.24, 2.45) is 0 Å². The molecule has 100 valence electrons. The van der Waals surface area contributed by atoms with Crippen LogP contribution in [0.1, 0.15) is 16.7 Å². The number of rotatable bonds is 1. The van der Waals surface area contributed by atoms with Gasteiger partial charge >= 0.3 is 0 Å². The molecule has 0 fully saturated rings. The first-order valence-electron chi connectivity index (χ1n) is 6.50. The molecule has 3 rings (SSSR count). The van der Waals surface area contributed by atoms with Crippen molar-refractivity contribution in [1.29, 1.82) is 5.26 Å². The van der Waals surface area contributed by atoms with E-state index in [9.17, 15) is 5.26 Å². The molecule has 0 spiro atoms. The van der Waals surface area contributed by atoms with Crippen LogP contribution >= 0.6 is 11.6 Å². The van der Waals surface area contributed by atoms with E-state index in [2.05, 4.69) is 17.0 Å². The van der Waals surface area contributed by atoms with E-state index in [0.717, 1.165) is 30.9 Å². The number of nitriles is 1. The molecule has 4 heteroatoms. The quantitative estimate of drug-likeness (QED) is 0.817. The van der Waals surface area contributed by atoms with Crippen LogP contribution < -0.4 is 10.6 Å². The first-order valence-corrected chi connectivity index (χ1v) is 6.87. The van der Waals surface area contributed by atoms with Crippen LogP contribution in [0.3, 0.4) is 0 Å². The van der Waals surface area contributed by atoms with Gasteiger partial charge < -0.3 is 10.6 Å². The average Bonchev–Trinajstić information content (AvgIpc) is 2.46. The zero-order valence-electron chi connectivity index (χ0n) is 10.9. The monoisotopic (exact) mass is 283 g/mol. The molecule has 0 saturated carbocycles. The molecule has 0 atom stereocenters. The van der Waals surface area contributed by atoms with Crippen LogP contribution in [0.5, 0.6) is 0 Å². The molecule has 0 bridgehead atoms. The molecule has 2 N–H and O–H groups in total. The second-order valence-electron chi connectivity index (χ2n) is 4.95. The van der Waals surface area contributed by atoms with Crippen molar-refractivity contribution in [2.75, 3.05) is 17.2 Å². The lowest BCUT2D eigenvalue weighted by atomic mass is 9.98. The maximum absolute atomic E-state index is 9.29. The molecule has 3 nitrogen and oxygen atoms in total. The van der Waals surface area contributed by atoms with Crippen molar-refractivity contribution in [3.8, 4) is 6.07 Å². The topological polar surface area (TPSA) is 53.0 Å². The minimum Gasteiger partial charge on any atom is -0.399 e. The van der Waals surface area contributed by atoms with Gasteiger partial charge in [-0.2, -0.15) is 5.26 Å². The first-order chi connectivity index (χ1) is 9.69. The van der Waals surface area contributed by atoms with Crippen molar-refractivity contribution < 1.29 is 0 Å². The van der Waals surface area contributed by atoms with E-state index in [1.165, 1.54) is 11.1 Å². The fourth-order valence-electron chi connectivity index (χ4n) is 2.67. The average molecular weight is 284 g/mol. The van der Waals surface area contributed by atoms with Gasteiger partial charge in [0.05, 0.1) is 16.3 Å². The van der Waals surface area contributed by atoms with Crippen LogP contribution in [0.25, 0.3) is 0 Å². The summed E-state index contributed by atoms with van der Waals surface area (Å²) in [6.45, 7) is 1.64. The lowest BCUT2D eigenvalue weighted by Gasteiger charge is -2.31. The summed E-state index contributed by atoms with van der Waals surface area (Å²) in [5.41, 5.74) is 10.6. The van der Waals surface area contributed by atoms with E-state index in [-0.39, 0.29) is 0 Å². The van der Waals surface area contributed by atoms with Crippen molar-refractivity contribution in [1.82, 2.24) is 0 Å². The Morgan fingerprint density at radius 1 is 1.20 bits per heavy atom. The SMILES string of the molecule is N#Cc1c(Cl)cccc1N1CCc2ccc(N)cc2C1. The maximum Gasteiger partial charge on any atom is 0.103 e. The molecule has 1 aliphatic rings. The molecule has 0 unspecified atom stereocenters. The van der Waals surface area contributed by atoms with E-state index < -0.39 is 0 Å². The van der Waals surface area contributed by atoms with Crippen LogP contribution in [0.15, 0.2) is 36.4 Å². The third-order valence-electron chi connectivity index (χ3n) is 3.69. The molecule has 1 heterocycles. The molecule has 0 aromatic heterocycles. The fraction of sp³-hybridized carbons (Fsp3) is 0.188. The summed E-state index contributed by atoms with van der Waals surface area (Å²) >= 11 is 6.11. The minimum atomic E-state index is 0.503. The van der Waals surface area contributed by atoms with Gasteiger partial charge in [0.15, 0.2) is 0 Å². The Hall–Kier alpha value is -2.18. The molecule has 2 aromatic carbocycles. The summed E-state index contributed by atoms with van der Waals surface area (Å²) in [4.78, 5) is 2.19. The van der Waals surface area contributed by atoms with Gasteiger partial charge in [0.2, 0.25) is 0 Å². The number of benzene rings is 2. The van der Waals surface area contributed by atoms with Crippen molar-refractivity contribution in [3.05, 3.63) is 58.1 Å². The van der Waals surface area contributed by atoms with Crippen molar-refractivity contribution >= 4 is 23.0 Å². The number of nitrogens with zero attached hydrogens (tertiary/aromatic N) is 2. The Bertz CT molecular complexity index is 703. The number of nitrogen functional groups attached to an aromatic ring is 1. The Kier molecular flexibility index (Phi) is 3.25. The molecule has 0 saturated heterocycles. The normalized spacial score (nSPS) is 13.7. The number of halogens is 1. The molecule has 2 aromatic rings. The molecular formula is C16H14ClN3. The highest BCUT2D eigenvalue weighted by molar-refractivity contribution is 6.32. The lowest BCUT2D eigenvalue weighted by Crippen LogP contribution is -2.31. The number of hydrogen-bond donors (Lipinski definition) is 1. The van der Waals surface area contributed by atoms with Gasteiger partial charge in [0, 0.05) is 18.8 Å². The predicted octanol–water partition coefficient (Wildman–Crippen LogP) is 3.36. The van der Waals surface area contributed by atoms with E-state index in [4.69, 9.17) is 17.3 Å². The second kappa shape index (κ2) is 5.07. The van der Waals surface area contributed by atoms with Crippen LogP contribution in [0.4, 0.5) is 11.4 Å². The van der Waals surface area contributed by atoms with Crippen LogP contribution in [0.2, 0.25) is 5.02 Å². The molecular weight excluding hydrogens is 270 g/mol. The van der Waals surface area contributed by atoms with Crippen LogP contribution in [0, 0.1) is 11.3 Å². The van der Waals surface area contributed by atoms with Gasteiger partial charge in [-0.1, -0.05) is 23.7 Å². The lowest BCUT2D eigenvalue weighted by molar-refractivity contribution is 0.731. The predicted molar refractivity (Wildman–Crippen MR) is 81.8 cm³/mol. The molecule has 20 heavy (non-hydrogen) atoms. The Morgan fingerprint density at radius 2 is 2.05 bits per heavy atom. The minimum absolute atomic E-state index is 0.503. The van der Waals surface area contributed by atoms with Crippen LogP contribution in [-0.4, -0.2) is 6.54 Å². The van der Waals surface area contributed by atoms with Gasteiger partial charge in [-0.25, -0.2) is 0 Å². The molecule has 0 amide bonds. The highest BCUT2D eigenvalue weighted by atomic mass is 35.5. The second-order valence-corrected chi connectivity index (χ2v) is 5.35. The zero-order valence-corrected chi connectivity index (χ0v) is 11.7. The van der Waals surface area contributed by atoms with Gasteiger partial charge in [-0.15, -0.1) is 0 Å². The number of anilines is 2. The summed E-state index contributed by atoms with van der Waals surface area (Å²) in [6, 6.07) is 13.8. The molecule has 1 aliphatic heterocycles. The highest BCUT2D eigenvalue weighted by Crippen LogP contribution is 2.31. The summed E-state index contributed by atoms with van der Waals surface area (Å²) < 4.78 is 0. The first kappa shape index (κ1) is 12.8. The number of fused-ring (bicyclic) bond motifs is 1. The Balaban J connectivity index is 1.99. The highest BCUT2D eigenvalue weighted by Gasteiger charge is 2.19. The Morgan fingerprint density at radius 3 is 2.85 bits per heavy atom. The van der Waals surface area contributed by atoms with Gasteiger partial charge in [-0.05, 0) is 41.8 Å². The number of nitrogens with two attached hydrogens (primary N) is 1. The van der Waals surface area contributed by atoms with E-state index in [1.54, 1.807) is 6.07 Å². The standard InChI is InChI=1S/C16H14ClN3/c17-15-2-1-3-16(14(15)9-18)20-7-6-11-4-5-13(19)8-12(11)10-20/h1-5,8H,6-7,10,19H2. The number of hydrogen-bond acceptors (Lipinski definition) is 3. The van der Waals surface area contributed by atoms with E-state index in [1.807, 2.05) is 24.3 Å². The molecule has 0 radical (unpaired) electrons. The molecule has 0 aliphatic carbocycles. The third-order valence-corrected chi connectivity index (χ3v) is 4.00.